The van der Waals surface area contributed by atoms with Crippen molar-refractivity contribution in [3.63, 3.8) is 0 Å². The van der Waals surface area contributed by atoms with E-state index in [1.165, 1.54) is 12.3 Å². The average Bonchev–Trinajstić information content (AvgIpc) is 2.20. The first-order valence-electron chi connectivity index (χ1n) is 4.25. The minimum atomic E-state index is -1.28. The zero-order chi connectivity index (χ0) is 12.3. The van der Waals surface area contributed by atoms with E-state index in [1.807, 2.05) is 0 Å². The molecule has 0 radical (unpaired) electrons. The van der Waals surface area contributed by atoms with Crippen molar-refractivity contribution in [2.24, 2.45) is 5.73 Å². The van der Waals surface area contributed by atoms with E-state index < -0.39 is 28.2 Å². The molecule has 86 valence electrons. The zero-order valence-corrected chi connectivity index (χ0v) is 8.07. The molecule has 0 spiro atoms. The van der Waals surface area contributed by atoms with Gasteiger partial charge < -0.3 is 15.4 Å². The molecule has 0 aromatic carbocycles. The quantitative estimate of drug-likeness (QED) is 0.510. The van der Waals surface area contributed by atoms with Gasteiger partial charge in [-0.3, -0.25) is 19.7 Å². The van der Waals surface area contributed by atoms with Gasteiger partial charge in [0, 0.05) is 12.3 Å². The highest BCUT2D eigenvalue weighted by Gasteiger charge is 2.17. The molecule has 8 nitrogen and oxygen atoms in total. The number of carboxylic acid groups (broad SMARTS) is 1. The molecule has 0 saturated carbocycles. The molecule has 0 saturated heterocycles. The van der Waals surface area contributed by atoms with Crippen molar-refractivity contribution in [1.82, 2.24) is 4.57 Å². The number of pyridine rings is 1. The van der Waals surface area contributed by atoms with E-state index in [2.05, 4.69) is 0 Å². The van der Waals surface area contributed by atoms with Crippen molar-refractivity contribution in [3.05, 3.63) is 38.8 Å². The molecule has 0 bridgehead atoms. The molecule has 3 N–H and O–H groups in total. The first-order valence-corrected chi connectivity index (χ1v) is 4.25. The number of nitrogens with zero attached hydrogens (tertiary/aromatic N) is 2. The van der Waals surface area contributed by atoms with Crippen LogP contribution in [0.15, 0.2) is 23.1 Å². The van der Waals surface area contributed by atoms with Gasteiger partial charge in [0.05, 0.1) is 11.5 Å². The summed E-state index contributed by atoms with van der Waals surface area (Å²) in [5, 5.41) is 19.0. The Morgan fingerprint density at radius 2 is 2.31 bits per heavy atom. The number of nitro groups is 1. The molecule has 8 heteroatoms. The topological polar surface area (TPSA) is 128 Å². The molecular formula is C8H9N3O5. The van der Waals surface area contributed by atoms with E-state index in [0.29, 0.717) is 0 Å². The van der Waals surface area contributed by atoms with Crippen LogP contribution in [-0.4, -0.2) is 26.6 Å². The maximum Gasteiger partial charge on any atom is 0.334 e. The van der Waals surface area contributed by atoms with Crippen LogP contribution in [0.1, 0.15) is 0 Å². The first kappa shape index (κ1) is 11.9. The van der Waals surface area contributed by atoms with Crippen molar-refractivity contribution in [3.8, 4) is 0 Å². The van der Waals surface area contributed by atoms with Gasteiger partial charge in [-0.25, -0.2) is 0 Å². The molecular weight excluding hydrogens is 218 g/mol. The Morgan fingerprint density at radius 1 is 1.69 bits per heavy atom. The van der Waals surface area contributed by atoms with Crippen LogP contribution >= 0.6 is 0 Å². The number of hydrogen-bond acceptors (Lipinski definition) is 5. The third-order valence-electron chi connectivity index (χ3n) is 1.91. The number of carbonyl (C=O) groups is 1. The summed E-state index contributed by atoms with van der Waals surface area (Å²) in [6.07, 6.45) is 1.25. The number of nitrogens with two attached hydrogens (primary N) is 1. The molecule has 1 heterocycles. The Bertz CT molecular complexity index is 481. The van der Waals surface area contributed by atoms with Gasteiger partial charge in [-0.1, -0.05) is 0 Å². The normalized spacial score (nSPS) is 12.1. The minimum Gasteiger partial charge on any atom is -0.480 e. The van der Waals surface area contributed by atoms with Gasteiger partial charge in [-0.15, -0.1) is 0 Å². The van der Waals surface area contributed by atoms with E-state index in [0.717, 1.165) is 10.6 Å². The molecule has 1 unspecified atom stereocenters. The van der Waals surface area contributed by atoms with Crippen LogP contribution in [0.25, 0.3) is 0 Å². The Kier molecular flexibility index (Phi) is 3.36. The second kappa shape index (κ2) is 4.53. The van der Waals surface area contributed by atoms with Gasteiger partial charge in [0.15, 0.2) is 0 Å². The van der Waals surface area contributed by atoms with Gasteiger partial charge in [-0.05, 0) is 6.07 Å². The molecule has 16 heavy (non-hydrogen) atoms. The van der Waals surface area contributed by atoms with E-state index in [-0.39, 0.29) is 6.54 Å². The summed E-state index contributed by atoms with van der Waals surface area (Å²) in [6, 6.07) is 1.05. The van der Waals surface area contributed by atoms with Crippen LogP contribution in [0.4, 0.5) is 5.69 Å². The molecule has 0 aliphatic carbocycles. The predicted molar refractivity (Wildman–Crippen MR) is 53.0 cm³/mol. The highest BCUT2D eigenvalue weighted by Crippen LogP contribution is 2.01. The highest BCUT2D eigenvalue weighted by molar-refractivity contribution is 5.72. The summed E-state index contributed by atoms with van der Waals surface area (Å²) in [5.41, 5.74) is 3.73. The largest absolute Gasteiger partial charge is 0.480 e. The molecule has 1 aromatic rings. The molecule has 1 aromatic heterocycles. The van der Waals surface area contributed by atoms with E-state index in [4.69, 9.17) is 10.8 Å². The molecule has 0 aliphatic rings. The molecule has 0 amide bonds. The zero-order valence-electron chi connectivity index (χ0n) is 8.07. The van der Waals surface area contributed by atoms with Gasteiger partial charge in [0.2, 0.25) is 0 Å². The minimum absolute atomic E-state index is 0.310. The second-order valence-electron chi connectivity index (χ2n) is 3.05. The lowest BCUT2D eigenvalue weighted by atomic mass is 10.3. The van der Waals surface area contributed by atoms with Gasteiger partial charge in [-0.2, -0.15) is 0 Å². The number of hydrogen-bond donors (Lipinski definition) is 2. The molecule has 0 fully saturated rings. The van der Waals surface area contributed by atoms with Crippen LogP contribution in [-0.2, 0) is 11.3 Å². The van der Waals surface area contributed by atoms with Crippen molar-refractivity contribution in [1.29, 1.82) is 0 Å². The van der Waals surface area contributed by atoms with Crippen molar-refractivity contribution in [2.45, 2.75) is 12.6 Å². The third-order valence-corrected chi connectivity index (χ3v) is 1.91. The number of carboxylic acids is 1. The summed E-state index contributed by atoms with van der Waals surface area (Å²) in [5.74, 6) is -1.28. The first-order chi connectivity index (χ1) is 7.43. The van der Waals surface area contributed by atoms with Crippen LogP contribution in [0.2, 0.25) is 0 Å². The van der Waals surface area contributed by atoms with Crippen LogP contribution in [0, 0.1) is 10.1 Å². The molecule has 0 aliphatic heterocycles. The number of aliphatic carboxylic acids is 1. The fraction of sp³-hybridized carbons (Fsp3) is 0.250. The van der Waals surface area contributed by atoms with Gasteiger partial charge >= 0.3 is 17.2 Å². The highest BCUT2D eigenvalue weighted by atomic mass is 16.6. The summed E-state index contributed by atoms with van der Waals surface area (Å²) >= 11 is 0. The monoisotopic (exact) mass is 227 g/mol. The Hall–Kier alpha value is -2.22. The summed E-state index contributed by atoms with van der Waals surface area (Å²) in [7, 11) is 0. The number of rotatable bonds is 4. The lowest BCUT2D eigenvalue weighted by molar-refractivity contribution is -0.386. The van der Waals surface area contributed by atoms with Crippen molar-refractivity contribution in [2.75, 3.05) is 0 Å². The third kappa shape index (κ3) is 2.42. The number of aromatic nitrogens is 1. The molecule has 1 atom stereocenters. The Morgan fingerprint density at radius 3 is 2.81 bits per heavy atom. The van der Waals surface area contributed by atoms with E-state index in [9.17, 15) is 19.7 Å². The average molecular weight is 227 g/mol. The smallest absolute Gasteiger partial charge is 0.334 e. The van der Waals surface area contributed by atoms with Crippen LogP contribution in [0.5, 0.6) is 0 Å². The Labute approximate surface area is 89.1 Å². The lowest BCUT2D eigenvalue weighted by Gasteiger charge is -2.08. The summed E-state index contributed by atoms with van der Waals surface area (Å²) < 4.78 is 0.900. The van der Waals surface area contributed by atoms with E-state index in [1.54, 1.807) is 0 Å². The summed E-state index contributed by atoms with van der Waals surface area (Å²) in [6.45, 7) is -0.310. The molecule has 1 rings (SSSR count). The van der Waals surface area contributed by atoms with Crippen LogP contribution in [0.3, 0.4) is 0 Å². The fourth-order valence-electron chi connectivity index (χ4n) is 1.10. The Balaban J connectivity index is 3.07. The maximum absolute atomic E-state index is 11.4. The summed E-state index contributed by atoms with van der Waals surface area (Å²) in [4.78, 5) is 31.5. The fourth-order valence-corrected chi connectivity index (χ4v) is 1.10. The predicted octanol–water partition coefficient (Wildman–Crippen LogP) is -0.832. The SMILES string of the molecule is NC(Cn1cccc([N+](=O)[O-])c1=O)C(=O)O. The second-order valence-corrected chi connectivity index (χ2v) is 3.05. The lowest BCUT2D eigenvalue weighted by Crippen LogP contribution is -2.38. The van der Waals surface area contributed by atoms with Crippen molar-refractivity contribution < 1.29 is 14.8 Å². The van der Waals surface area contributed by atoms with Crippen LogP contribution < -0.4 is 11.3 Å². The standard InChI is InChI=1S/C8H9N3O5/c9-5(8(13)14)4-10-3-1-2-6(7(10)12)11(15)16/h1-3,5H,4,9H2,(H,13,14). The maximum atomic E-state index is 11.4. The van der Waals surface area contributed by atoms with Crippen molar-refractivity contribution >= 4 is 11.7 Å². The van der Waals surface area contributed by atoms with Gasteiger partial charge in [0.25, 0.3) is 0 Å². The van der Waals surface area contributed by atoms with Gasteiger partial charge in [0.1, 0.15) is 6.04 Å². The van der Waals surface area contributed by atoms with E-state index >= 15 is 0 Å².